The first kappa shape index (κ1) is 22.3. The van der Waals surface area contributed by atoms with Crippen molar-refractivity contribution in [3.63, 3.8) is 0 Å². The van der Waals surface area contributed by atoms with Gasteiger partial charge in [-0.2, -0.15) is 5.26 Å². The van der Waals surface area contributed by atoms with Crippen molar-refractivity contribution in [2.45, 2.75) is 84.5 Å². The summed E-state index contributed by atoms with van der Waals surface area (Å²) in [6, 6.07) is 9.83. The number of benzene rings is 1. The first-order chi connectivity index (χ1) is 13.6. The number of unbranched alkanes of at least 4 members (excludes halogenated alkanes) is 4. The molecule has 1 saturated carbocycles. The smallest absolute Gasteiger partial charge is 0.314 e. The molecule has 1 aliphatic carbocycles. The molecule has 28 heavy (non-hydrogen) atoms. The van der Waals surface area contributed by atoms with Crippen LogP contribution in [-0.2, 0) is 4.79 Å². The molecule has 0 bridgehead atoms. The molecule has 0 amide bonds. The molecule has 0 aromatic heterocycles. The van der Waals surface area contributed by atoms with Crippen LogP contribution in [0.1, 0.15) is 84.5 Å². The van der Waals surface area contributed by atoms with Crippen molar-refractivity contribution >= 4 is 5.97 Å². The molecule has 4 nitrogen and oxygen atoms in total. The largest absolute Gasteiger partial charge is 0.494 e. The summed E-state index contributed by atoms with van der Waals surface area (Å²) in [5.41, 5.74) is -0.234. The van der Waals surface area contributed by atoms with Crippen LogP contribution in [0.5, 0.6) is 11.5 Å². The van der Waals surface area contributed by atoms with Gasteiger partial charge in [0.15, 0.2) is 0 Å². The van der Waals surface area contributed by atoms with Gasteiger partial charge in [0.2, 0.25) is 0 Å². The van der Waals surface area contributed by atoms with E-state index in [1.807, 2.05) is 12.1 Å². The molecule has 0 aliphatic heterocycles. The molecule has 1 aliphatic rings. The highest BCUT2D eigenvalue weighted by atomic mass is 16.5. The average molecular weight is 386 g/mol. The van der Waals surface area contributed by atoms with Crippen LogP contribution in [-0.4, -0.2) is 12.6 Å². The predicted octanol–water partition coefficient (Wildman–Crippen LogP) is 6.44. The maximum atomic E-state index is 12.5. The third-order valence-corrected chi connectivity index (χ3v) is 5.83. The van der Waals surface area contributed by atoms with Crippen molar-refractivity contribution in [3.05, 3.63) is 24.3 Å². The van der Waals surface area contributed by atoms with Gasteiger partial charge in [0.05, 0.1) is 24.0 Å². The van der Waals surface area contributed by atoms with Gasteiger partial charge >= 0.3 is 5.97 Å². The summed E-state index contributed by atoms with van der Waals surface area (Å²) in [6.45, 7) is 5.03. The van der Waals surface area contributed by atoms with Crippen molar-refractivity contribution < 1.29 is 14.3 Å². The second kappa shape index (κ2) is 11.7. The van der Waals surface area contributed by atoms with Crippen molar-refractivity contribution in [2.24, 2.45) is 11.3 Å². The van der Waals surface area contributed by atoms with Gasteiger partial charge in [-0.15, -0.1) is 0 Å². The van der Waals surface area contributed by atoms with Crippen LogP contribution >= 0.6 is 0 Å². The van der Waals surface area contributed by atoms with Crippen LogP contribution in [0, 0.1) is 22.7 Å². The van der Waals surface area contributed by atoms with E-state index in [0.29, 0.717) is 12.4 Å². The number of carbonyl (C=O) groups is 1. The van der Waals surface area contributed by atoms with Crippen molar-refractivity contribution in [2.75, 3.05) is 6.61 Å². The third kappa shape index (κ3) is 6.86. The number of ether oxygens (including phenoxy) is 2. The lowest BCUT2D eigenvalue weighted by atomic mass is 9.69. The summed E-state index contributed by atoms with van der Waals surface area (Å²) in [4.78, 5) is 12.5. The molecule has 4 heteroatoms. The molecule has 0 radical (unpaired) electrons. The van der Waals surface area contributed by atoms with E-state index in [9.17, 15) is 10.1 Å². The lowest BCUT2D eigenvalue weighted by Gasteiger charge is -2.34. The Labute approximate surface area is 170 Å². The molecule has 0 atom stereocenters. The van der Waals surface area contributed by atoms with Gasteiger partial charge < -0.3 is 9.47 Å². The maximum Gasteiger partial charge on any atom is 0.314 e. The van der Waals surface area contributed by atoms with Crippen LogP contribution in [0.25, 0.3) is 0 Å². The molecular weight excluding hydrogens is 350 g/mol. The van der Waals surface area contributed by atoms with Gasteiger partial charge in [-0.25, -0.2) is 0 Å². The zero-order valence-corrected chi connectivity index (χ0v) is 17.5. The monoisotopic (exact) mass is 385 g/mol. The van der Waals surface area contributed by atoms with E-state index in [-0.39, 0.29) is 17.3 Å². The van der Waals surface area contributed by atoms with Gasteiger partial charge in [0, 0.05) is 0 Å². The van der Waals surface area contributed by atoms with E-state index >= 15 is 0 Å². The Morgan fingerprint density at radius 2 is 1.68 bits per heavy atom. The fourth-order valence-electron chi connectivity index (χ4n) is 3.85. The Balaban J connectivity index is 1.79. The van der Waals surface area contributed by atoms with Crippen molar-refractivity contribution in [3.8, 4) is 17.6 Å². The molecule has 154 valence electrons. The quantitative estimate of drug-likeness (QED) is 0.250. The fourth-order valence-corrected chi connectivity index (χ4v) is 3.85. The molecule has 1 fully saturated rings. The van der Waals surface area contributed by atoms with Gasteiger partial charge in [-0.3, -0.25) is 4.79 Å². The zero-order valence-electron chi connectivity index (χ0n) is 17.5. The SMILES string of the molecule is CCCCCCC1(C#N)CCC(C(=O)Oc2ccc(OCCCC)cc2)CC1. The Bertz CT molecular complexity index is 624. The van der Waals surface area contributed by atoms with Gasteiger partial charge in [0.1, 0.15) is 11.5 Å². The maximum absolute atomic E-state index is 12.5. The van der Waals surface area contributed by atoms with Crippen LogP contribution in [0.15, 0.2) is 24.3 Å². The number of carbonyl (C=O) groups excluding carboxylic acids is 1. The molecule has 1 aromatic rings. The van der Waals surface area contributed by atoms with Crippen molar-refractivity contribution in [1.29, 1.82) is 5.26 Å². The molecule has 0 spiro atoms. The predicted molar refractivity (Wildman–Crippen MR) is 111 cm³/mol. The van der Waals surface area contributed by atoms with E-state index < -0.39 is 0 Å². The summed E-state index contributed by atoms with van der Waals surface area (Å²) in [6.07, 6.45) is 11.0. The number of rotatable bonds is 11. The van der Waals surface area contributed by atoms with Crippen LogP contribution in [0.2, 0.25) is 0 Å². The zero-order chi connectivity index (χ0) is 20.2. The molecule has 0 unspecified atom stereocenters. The second-order valence-corrected chi connectivity index (χ2v) is 8.07. The summed E-state index contributed by atoms with van der Waals surface area (Å²) < 4.78 is 11.2. The first-order valence-corrected chi connectivity index (χ1v) is 11.0. The van der Waals surface area contributed by atoms with E-state index in [0.717, 1.165) is 57.1 Å². The van der Waals surface area contributed by atoms with Gasteiger partial charge in [0.25, 0.3) is 0 Å². The topological polar surface area (TPSA) is 59.3 Å². The highest BCUT2D eigenvalue weighted by Crippen LogP contribution is 2.42. The van der Waals surface area contributed by atoms with Crippen LogP contribution in [0.4, 0.5) is 0 Å². The summed E-state index contributed by atoms with van der Waals surface area (Å²) in [7, 11) is 0. The van der Waals surface area contributed by atoms with Crippen LogP contribution in [0.3, 0.4) is 0 Å². The lowest BCUT2D eigenvalue weighted by molar-refractivity contribution is -0.140. The molecule has 0 heterocycles. The summed E-state index contributed by atoms with van der Waals surface area (Å²) in [5, 5.41) is 9.68. The fraction of sp³-hybridized carbons (Fsp3) is 0.667. The number of nitrogens with zero attached hydrogens (tertiary/aromatic N) is 1. The van der Waals surface area contributed by atoms with Gasteiger partial charge in [-0.05, 0) is 62.8 Å². The van der Waals surface area contributed by atoms with E-state index in [1.165, 1.54) is 19.3 Å². The highest BCUT2D eigenvalue weighted by Gasteiger charge is 2.37. The highest BCUT2D eigenvalue weighted by molar-refractivity contribution is 5.75. The van der Waals surface area contributed by atoms with Crippen LogP contribution < -0.4 is 9.47 Å². The number of nitriles is 1. The molecular formula is C24H35NO3. The minimum atomic E-state index is -0.234. The van der Waals surface area contributed by atoms with E-state index in [4.69, 9.17) is 9.47 Å². The Kier molecular flexibility index (Phi) is 9.34. The minimum Gasteiger partial charge on any atom is -0.494 e. The van der Waals surface area contributed by atoms with Gasteiger partial charge in [-0.1, -0.05) is 46.0 Å². The van der Waals surface area contributed by atoms with E-state index in [2.05, 4.69) is 19.9 Å². The normalized spacial score (nSPS) is 21.7. The Morgan fingerprint density at radius 3 is 2.29 bits per heavy atom. The van der Waals surface area contributed by atoms with Crippen molar-refractivity contribution in [1.82, 2.24) is 0 Å². The standard InChI is InChI=1S/C24H35NO3/c1-3-5-7-8-15-24(19-25)16-13-20(14-17-24)23(26)28-22-11-9-21(10-12-22)27-18-6-4-2/h9-12,20H,3-8,13-18H2,1-2H3. The number of hydrogen-bond acceptors (Lipinski definition) is 4. The molecule has 0 N–H and O–H groups in total. The molecule has 1 aromatic carbocycles. The second-order valence-electron chi connectivity index (χ2n) is 8.07. The number of esters is 1. The number of hydrogen-bond donors (Lipinski definition) is 0. The molecule has 2 rings (SSSR count). The van der Waals surface area contributed by atoms with E-state index in [1.54, 1.807) is 12.1 Å². The first-order valence-electron chi connectivity index (χ1n) is 11.0. The summed E-state index contributed by atoms with van der Waals surface area (Å²) >= 11 is 0. The Hall–Kier alpha value is -2.02. The lowest BCUT2D eigenvalue weighted by Crippen LogP contribution is -2.31. The minimum absolute atomic E-state index is 0.0994. The Morgan fingerprint density at radius 1 is 1.04 bits per heavy atom. The molecule has 0 saturated heterocycles. The third-order valence-electron chi connectivity index (χ3n) is 5.83. The summed E-state index contributed by atoms with van der Waals surface area (Å²) in [5.74, 6) is 1.09. The average Bonchev–Trinajstić information content (AvgIpc) is 2.73.